The van der Waals surface area contributed by atoms with Gasteiger partial charge in [0.15, 0.2) is 0 Å². The molecule has 1 aromatic rings. The molecule has 0 aliphatic carbocycles. The van der Waals surface area contributed by atoms with E-state index in [1.54, 1.807) is 24.0 Å². The number of likely N-dealkylation sites (tertiary alicyclic amines) is 1. The standard InChI is InChI=1S/C16H21NO4/c1-3-20-14-8-6-5-7-13(14)15(18)17-10-9-12(11-17)16(19)21-4-2/h5-8,12H,3-4,9-11H2,1-2H3. The van der Waals surface area contributed by atoms with E-state index in [0.29, 0.717) is 44.0 Å². The van der Waals surface area contributed by atoms with Gasteiger partial charge in [0.25, 0.3) is 5.91 Å². The van der Waals surface area contributed by atoms with Crippen LogP contribution < -0.4 is 4.74 Å². The van der Waals surface area contributed by atoms with Gasteiger partial charge < -0.3 is 14.4 Å². The maximum Gasteiger partial charge on any atom is 0.310 e. The molecular weight excluding hydrogens is 270 g/mol. The van der Waals surface area contributed by atoms with Gasteiger partial charge in [0, 0.05) is 13.1 Å². The summed E-state index contributed by atoms with van der Waals surface area (Å²) in [6.45, 7) is 5.54. The molecule has 1 atom stereocenters. The highest BCUT2D eigenvalue weighted by molar-refractivity contribution is 5.97. The molecule has 1 aromatic carbocycles. The summed E-state index contributed by atoms with van der Waals surface area (Å²) in [7, 11) is 0. The topological polar surface area (TPSA) is 55.8 Å². The van der Waals surface area contributed by atoms with E-state index in [4.69, 9.17) is 9.47 Å². The number of esters is 1. The molecule has 1 fully saturated rings. The molecule has 1 amide bonds. The fourth-order valence-electron chi connectivity index (χ4n) is 2.49. The number of para-hydroxylation sites is 1. The Balaban J connectivity index is 2.06. The predicted octanol–water partition coefficient (Wildman–Crippen LogP) is 2.11. The summed E-state index contributed by atoms with van der Waals surface area (Å²) in [4.78, 5) is 26.0. The van der Waals surface area contributed by atoms with Crippen molar-refractivity contribution in [2.75, 3.05) is 26.3 Å². The Labute approximate surface area is 124 Å². The van der Waals surface area contributed by atoms with Crippen LogP contribution in [0.15, 0.2) is 24.3 Å². The number of ether oxygens (including phenoxy) is 2. The van der Waals surface area contributed by atoms with Crippen molar-refractivity contribution in [3.05, 3.63) is 29.8 Å². The lowest BCUT2D eigenvalue weighted by atomic mass is 10.1. The first-order valence-electron chi connectivity index (χ1n) is 7.35. The molecule has 1 saturated heterocycles. The normalized spacial score (nSPS) is 17.6. The van der Waals surface area contributed by atoms with E-state index in [1.807, 2.05) is 19.1 Å². The highest BCUT2D eigenvalue weighted by atomic mass is 16.5. The molecule has 1 heterocycles. The van der Waals surface area contributed by atoms with Crippen molar-refractivity contribution < 1.29 is 19.1 Å². The minimum atomic E-state index is -0.217. The van der Waals surface area contributed by atoms with E-state index < -0.39 is 0 Å². The smallest absolute Gasteiger partial charge is 0.310 e. The van der Waals surface area contributed by atoms with Gasteiger partial charge in [-0.15, -0.1) is 0 Å². The molecule has 0 radical (unpaired) electrons. The molecule has 0 bridgehead atoms. The van der Waals surface area contributed by atoms with Gasteiger partial charge in [-0.3, -0.25) is 9.59 Å². The van der Waals surface area contributed by atoms with Crippen LogP contribution in [-0.2, 0) is 9.53 Å². The Morgan fingerprint density at radius 3 is 2.71 bits per heavy atom. The fourth-order valence-corrected chi connectivity index (χ4v) is 2.49. The largest absolute Gasteiger partial charge is 0.493 e. The van der Waals surface area contributed by atoms with Crippen molar-refractivity contribution in [1.82, 2.24) is 4.90 Å². The first-order chi connectivity index (χ1) is 10.2. The zero-order valence-electron chi connectivity index (χ0n) is 12.5. The van der Waals surface area contributed by atoms with Crippen molar-refractivity contribution in [3.8, 4) is 5.75 Å². The van der Waals surface area contributed by atoms with Crippen LogP contribution in [0.1, 0.15) is 30.6 Å². The lowest BCUT2D eigenvalue weighted by molar-refractivity contribution is -0.147. The number of nitrogens with zero attached hydrogens (tertiary/aromatic N) is 1. The van der Waals surface area contributed by atoms with Crippen molar-refractivity contribution in [3.63, 3.8) is 0 Å². The highest BCUT2D eigenvalue weighted by Gasteiger charge is 2.33. The summed E-state index contributed by atoms with van der Waals surface area (Å²) in [6, 6.07) is 7.20. The lowest BCUT2D eigenvalue weighted by Crippen LogP contribution is -2.30. The number of hydrogen-bond acceptors (Lipinski definition) is 4. The number of carbonyl (C=O) groups excluding carboxylic acids is 2. The van der Waals surface area contributed by atoms with Crippen molar-refractivity contribution in [2.24, 2.45) is 5.92 Å². The maximum atomic E-state index is 12.6. The molecule has 21 heavy (non-hydrogen) atoms. The molecule has 1 aliphatic rings. The van der Waals surface area contributed by atoms with Gasteiger partial charge in [0.05, 0.1) is 24.7 Å². The third-order valence-electron chi connectivity index (χ3n) is 3.51. The summed E-state index contributed by atoms with van der Waals surface area (Å²) >= 11 is 0. The predicted molar refractivity (Wildman–Crippen MR) is 78.3 cm³/mol. The lowest BCUT2D eigenvalue weighted by Gasteiger charge is -2.18. The quantitative estimate of drug-likeness (QED) is 0.780. The molecular formula is C16H21NO4. The van der Waals surface area contributed by atoms with E-state index in [9.17, 15) is 9.59 Å². The Morgan fingerprint density at radius 1 is 1.24 bits per heavy atom. The molecule has 5 nitrogen and oxygen atoms in total. The molecule has 5 heteroatoms. The van der Waals surface area contributed by atoms with Crippen LogP contribution in [0.25, 0.3) is 0 Å². The highest BCUT2D eigenvalue weighted by Crippen LogP contribution is 2.24. The van der Waals surface area contributed by atoms with E-state index in [-0.39, 0.29) is 17.8 Å². The van der Waals surface area contributed by atoms with Gasteiger partial charge in [-0.1, -0.05) is 12.1 Å². The zero-order chi connectivity index (χ0) is 15.2. The summed E-state index contributed by atoms with van der Waals surface area (Å²) in [6.07, 6.45) is 0.654. The van der Waals surface area contributed by atoms with Crippen molar-refractivity contribution >= 4 is 11.9 Å². The van der Waals surface area contributed by atoms with Crippen molar-refractivity contribution in [2.45, 2.75) is 20.3 Å². The Morgan fingerprint density at radius 2 is 2.00 bits per heavy atom. The van der Waals surface area contributed by atoms with Gasteiger partial charge >= 0.3 is 5.97 Å². The summed E-state index contributed by atoms with van der Waals surface area (Å²) in [5.41, 5.74) is 0.545. The van der Waals surface area contributed by atoms with Crippen LogP contribution in [0.2, 0.25) is 0 Å². The Kier molecular flexibility index (Phi) is 5.20. The summed E-state index contributed by atoms with van der Waals surface area (Å²) in [5.74, 6) is 0.0643. The number of hydrogen-bond donors (Lipinski definition) is 0. The molecule has 114 valence electrons. The van der Waals surface area contributed by atoms with E-state index >= 15 is 0 Å². The van der Waals surface area contributed by atoms with Gasteiger partial charge in [-0.25, -0.2) is 0 Å². The first-order valence-corrected chi connectivity index (χ1v) is 7.35. The number of benzene rings is 1. The SMILES string of the molecule is CCOC(=O)C1CCN(C(=O)c2ccccc2OCC)C1. The Hall–Kier alpha value is -2.04. The number of rotatable bonds is 5. The second kappa shape index (κ2) is 7.11. The molecule has 0 spiro atoms. The van der Waals surface area contributed by atoms with E-state index in [0.717, 1.165) is 0 Å². The van der Waals surface area contributed by atoms with Gasteiger partial charge in [0.1, 0.15) is 5.75 Å². The van der Waals surface area contributed by atoms with Crippen molar-refractivity contribution in [1.29, 1.82) is 0 Å². The van der Waals surface area contributed by atoms with Crippen LogP contribution in [-0.4, -0.2) is 43.1 Å². The minimum absolute atomic E-state index is 0.0918. The fraction of sp³-hybridized carbons (Fsp3) is 0.500. The summed E-state index contributed by atoms with van der Waals surface area (Å²) < 4.78 is 10.5. The third kappa shape index (κ3) is 3.54. The van der Waals surface area contributed by atoms with Crippen LogP contribution in [0.3, 0.4) is 0 Å². The molecule has 1 aliphatic heterocycles. The van der Waals surface area contributed by atoms with Crippen LogP contribution in [0.5, 0.6) is 5.75 Å². The van der Waals surface area contributed by atoms with Crippen LogP contribution in [0, 0.1) is 5.92 Å². The monoisotopic (exact) mass is 291 g/mol. The molecule has 0 aromatic heterocycles. The maximum absolute atomic E-state index is 12.6. The van der Waals surface area contributed by atoms with E-state index in [1.165, 1.54) is 0 Å². The van der Waals surface area contributed by atoms with Crippen LogP contribution >= 0.6 is 0 Å². The average molecular weight is 291 g/mol. The molecule has 0 N–H and O–H groups in total. The second-order valence-corrected chi connectivity index (χ2v) is 4.92. The number of carbonyl (C=O) groups is 2. The summed E-state index contributed by atoms with van der Waals surface area (Å²) in [5, 5.41) is 0. The van der Waals surface area contributed by atoms with Gasteiger partial charge in [0.2, 0.25) is 0 Å². The third-order valence-corrected chi connectivity index (χ3v) is 3.51. The van der Waals surface area contributed by atoms with Gasteiger partial charge in [-0.2, -0.15) is 0 Å². The van der Waals surface area contributed by atoms with Gasteiger partial charge in [-0.05, 0) is 32.4 Å². The average Bonchev–Trinajstić information content (AvgIpc) is 2.98. The zero-order valence-corrected chi connectivity index (χ0v) is 12.5. The molecule has 0 saturated carbocycles. The molecule has 2 rings (SSSR count). The minimum Gasteiger partial charge on any atom is -0.493 e. The number of amides is 1. The first kappa shape index (κ1) is 15.4. The molecule has 1 unspecified atom stereocenters. The Bertz CT molecular complexity index is 515. The van der Waals surface area contributed by atoms with E-state index in [2.05, 4.69) is 0 Å². The van der Waals surface area contributed by atoms with Crippen LogP contribution in [0.4, 0.5) is 0 Å². The second-order valence-electron chi connectivity index (χ2n) is 4.92.